The first-order valence-electron chi connectivity index (χ1n) is 10.6. The number of pyridine rings is 1. The summed E-state index contributed by atoms with van der Waals surface area (Å²) in [5.41, 5.74) is 5.05. The maximum atomic E-state index is 12.8. The fourth-order valence-electron chi connectivity index (χ4n) is 4.02. The topological polar surface area (TPSA) is 86.9 Å². The standard InChI is InChI=1S/C25H22N4O2S/c30-20-10-4-9-19-23(20)25(27-17-6-2-1-3-7-17)24(28-19)16-11-12-26-21(14-16)29-22(31)15-18-8-5-13-32-18/h1-3,5-8,11-14,27-28H,4,9-10,15H2,(H,26,29,31). The van der Waals surface area contributed by atoms with Gasteiger partial charge < -0.3 is 15.6 Å². The number of carbonyl (C=O) groups is 2. The van der Waals surface area contributed by atoms with E-state index in [0.717, 1.165) is 51.6 Å². The van der Waals surface area contributed by atoms with Crippen molar-refractivity contribution in [2.45, 2.75) is 25.7 Å². The molecule has 6 nitrogen and oxygen atoms in total. The van der Waals surface area contributed by atoms with Gasteiger partial charge in [0.25, 0.3) is 0 Å². The van der Waals surface area contributed by atoms with E-state index in [-0.39, 0.29) is 11.7 Å². The Morgan fingerprint density at radius 3 is 2.78 bits per heavy atom. The molecule has 0 radical (unpaired) electrons. The van der Waals surface area contributed by atoms with Gasteiger partial charge in [0.15, 0.2) is 5.78 Å². The van der Waals surface area contributed by atoms with E-state index < -0.39 is 0 Å². The second-order valence-electron chi connectivity index (χ2n) is 7.73. The van der Waals surface area contributed by atoms with Crippen molar-refractivity contribution in [3.05, 3.63) is 82.3 Å². The van der Waals surface area contributed by atoms with Crippen LogP contribution in [0.5, 0.6) is 0 Å². The van der Waals surface area contributed by atoms with E-state index in [2.05, 4.69) is 20.6 Å². The summed E-state index contributed by atoms with van der Waals surface area (Å²) >= 11 is 1.55. The molecule has 160 valence electrons. The Bertz CT molecular complexity index is 1260. The normalized spacial score (nSPS) is 12.9. The molecule has 0 saturated heterocycles. The number of hydrogen-bond donors (Lipinski definition) is 3. The summed E-state index contributed by atoms with van der Waals surface area (Å²) in [6.45, 7) is 0. The van der Waals surface area contributed by atoms with E-state index in [4.69, 9.17) is 0 Å². The lowest BCUT2D eigenvalue weighted by atomic mass is 9.95. The number of aryl methyl sites for hydroxylation is 1. The molecular formula is C25H22N4O2S. The van der Waals surface area contributed by atoms with Crippen LogP contribution in [0.4, 0.5) is 17.2 Å². The zero-order chi connectivity index (χ0) is 21.9. The highest BCUT2D eigenvalue weighted by Gasteiger charge is 2.27. The van der Waals surface area contributed by atoms with Crippen molar-refractivity contribution in [3.8, 4) is 11.3 Å². The molecule has 4 aromatic rings. The number of anilines is 3. The van der Waals surface area contributed by atoms with E-state index in [1.54, 1.807) is 17.5 Å². The predicted molar refractivity (Wildman–Crippen MR) is 128 cm³/mol. The number of rotatable bonds is 6. The summed E-state index contributed by atoms with van der Waals surface area (Å²) in [5, 5.41) is 8.28. The number of H-pyrrole nitrogens is 1. The molecule has 1 aromatic carbocycles. The van der Waals surface area contributed by atoms with Crippen molar-refractivity contribution in [1.82, 2.24) is 9.97 Å². The van der Waals surface area contributed by atoms with Crippen LogP contribution in [-0.2, 0) is 17.6 Å². The highest BCUT2D eigenvalue weighted by Crippen LogP contribution is 2.39. The molecule has 3 heterocycles. The number of aromatic amines is 1. The fraction of sp³-hybridized carbons (Fsp3) is 0.160. The van der Waals surface area contributed by atoms with Gasteiger partial charge in [-0.05, 0) is 48.6 Å². The molecule has 1 aliphatic carbocycles. The van der Waals surface area contributed by atoms with Gasteiger partial charge >= 0.3 is 0 Å². The highest BCUT2D eigenvalue weighted by atomic mass is 32.1. The first-order valence-corrected chi connectivity index (χ1v) is 11.4. The number of benzene rings is 1. The maximum Gasteiger partial charge on any atom is 0.230 e. The summed E-state index contributed by atoms with van der Waals surface area (Å²) in [6, 6.07) is 17.4. The van der Waals surface area contributed by atoms with Crippen molar-refractivity contribution in [1.29, 1.82) is 0 Å². The van der Waals surface area contributed by atoms with Gasteiger partial charge in [-0.3, -0.25) is 9.59 Å². The van der Waals surface area contributed by atoms with Crippen LogP contribution in [0.1, 0.15) is 33.8 Å². The quantitative estimate of drug-likeness (QED) is 0.364. The Morgan fingerprint density at radius 1 is 1.09 bits per heavy atom. The molecule has 0 atom stereocenters. The van der Waals surface area contributed by atoms with E-state index in [0.29, 0.717) is 18.7 Å². The Labute approximate surface area is 189 Å². The molecule has 3 N–H and O–H groups in total. The monoisotopic (exact) mass is 442 g/mol. The van der Waals surface area contributed by atoms with Crippen molar-refractivity contribution in [2.24, 2.45) is 0 Å². The number of para-hydroxylation sites is 1. The predicted octanol–water partition coefficient (Wildman–Crippen LogP) is 5.58. The first kappa shape index (κ1) is 20.2. The highest BCUT2D eigenvalue weighted by molar-refractivity contribution is 7.10. The molecule has 7 heteroatoms. The largest absolute Gasteiger partial charge is 0.356 e. The number of nitrogens with zero attached hydrogens (tertiary/aromatic N) is 1. The van der Waals surface area contributed by atoms with Gasteiger partial charge in [-0.25, -0.2) is 4.98 Å². The van der Waals surface area contributed by atoms with Crippen molar-refractivity contribution in [2.75, 3.05) is 10.6 Å². The van der Waals surface area contributed by atoms with Gasteiger partial charge in [0.1, 0.15) is 5.82 Å². The number of Topliss-reactive ketones (excluding diaryl/α,β-unsaturated/α-hetero) is 1. The Kier molecular flexibility index (Phi) is 5.56. The molecule has 0 saturated carbocycles. The number of aromatic nitrogens is 2. The number of carbonyl (C=O) groups excluding carboxylic acids is 2. The maximum absolute atomic E-state index is 12.8. The van der Waals surface area contributed by atoms with Gasteiger partial charge in [-0.2, -0.15) is 0 Å². The van der Waals surface area contributed by atoms with Crippen LogP contribution >= 0.6 is 11.3 Å². The molecule has 0 unspecified atom stereocenters. The lowest BCUT2D eigenvalue weighted by Gasteiger charge is -2.14. The number of nitrogens with one attached hydrogen (secondary N) is 3. The van der Waals surface area contributed by atoms with E-state index >= 15 is 0 Å². The van der Waals surface area contributed by atoms with Gasteiger partial charge in [0.05, 0.1) is 23.4 Å². The molecule has 3 aromatic heterocycles. The SMILES string of the molecule is O=C(Cc1cccs1)Nc1cc(-c2[nH]c3c(c2Nc2ccccc2)C(=O)CCC3)ccn1. The number of hydrogen-bond acceptors (Lipinski definition) is 5. The van der Waals surface area contributed by atoms with Gasteiger partial charge in [0, 0.05) is 34.4 Å². The summed E-state index contributed by atoms with van der Waals surface area (Å²) in [4.78, 5) is 34.0. The van der Waals surface area contributed by atoms with Gasteiger partial charge in [-0.1, -0.05) is 24.3 Å². The number of thiophene rings is 1. The first-order chi connectivity index (χ1) is 15.7. The molecular weight excluding hydrogens is 420 g/mol. The third-order valence-corrected chi connectivity index (χ3v) is 6.34. The zero-order valence-electron chi connectivity index (χ0n) is 17.4. The Balaban J connectivity index is 1.48. The molecule has 0 bridgehead atoms. The van der Waals surface area contributed by atoms with Crippen LogP contribution in [0.3, 0.4) is 0 Å². The minimum absolute atomic E-state index is 0.110. The summed E-state index contributed by atoms with van der Waals surface area (Å²) < 4.78 is 0. The van der Waals surface area contributed by atoms with E-state index in [1.807, 2.05) is 60.0 Å². The minimum Gasteiger partial charge on any atom is -0.356 e. The Morgan fingerprint density at radius 2 is 1.97 bits per heavy atom. The van der Waals surface area contributed by atoms with Gasteiger partial charge in [-0.15, -0.1) is 11.3 Å². The van der Waals surface area contributed by atoms with Crippen LogP contribution < -0.4 is 10.6 Å². The lowest BCUT2D eigenvalue weighted by Crippen LogP contribution is -2.14. The number of amides is 1. The molecule has 5 rings (SSSR count). The van der Waals surface area contributed by atoms with Crippen LogP contribution in [0, 0.1) is 0 Å². The van der Waals surface area contributed by atoms with E-state index in [1.165, 1.54) is 0 Å². The van der Waals surface area contributed by atoms with E-state index in [9.17, 15) is 9.59 Å². The van der Waals surface area contributed by atoms with Crippen LogP contribution in [-0.4, -0.2) is 21.7 Å². The summed E-state index contributed by atoms with van der Waals surface area (Å²) in [5.74, 6) is 0.514. The van der Waals surface area contributed by atoms with Crippen LogP contribution in [0.15, 0.2) is 66.2 Å². The average molecular weight is 443 g/mol. The molecule has 1 aliphatic rings. The van der Waals surface area contributed by atoms with Crippen molar-refractivity contribution in [3.63, 3.8) is 0 Å². The second kappa shape index (κ2) is 8.80. The zero-order valence-corrected chi connectivity index (χ0v) is 18.2. The Hall–Kier alpha value is -3.71. The molecule has 0 spiro atoms. The molecule has 0 fully saturated rings. The smallest absolute Gasteiger partial charge is 0.230 e. The van der Waals surface area contributed by atoms with Crippen LogP contribution in [0.2, 0.25) is 0 Å². The van der Waals surface area contributed by atoms with Crippen LogP contribution in [0.25, 0.3) is 11.3 Å². The second-order valence-corrected chi connectivity index (χ2v) is 8.76. The number of fused-ring (bicyclic) bond motifs is 1. The molecule has 0 aliphatic heterocycles. The third kappa shape index (κ3) is 4.20. The average Bonchev–Trinajstić information content (AvgIpc) is 3.43. The van der Waals surface area contributed by atoms with Gasteiger partial charge in [0.2, 0.25) is 5.91 Å². The number of ketones is 1. The summed E-state index contributed by atoms with van der Waals surface area (Å²) in [7, 11) is 0. The third-order valence-electron chi connectivity index (χ3n) is 5.46. The lowest BCUT2D eigenvalue weighted by molar-refractivity contribution is -0.115. The molecule has 1 amide bonds. The van der Waals surface area contributed by atoms with Crippen molar-refractivity contribution < 1.29 is 9.59 Å². The molecule has 32 heavy (non-hydrogen) atoms. The fourth-order valence-corrected chi connectivity index (χ4v) is 4.72. The summed E-state index contributed by atoms with van der Waals surface area (Å²) in [6.07, 6.45) is 4.21. The van der Waals surface area contributed by atoms with Crippen molar-refractivity contribution >= 4 is 40.2 Å². The minimum atomic E-state index is -0.110.